The molecule has 2 atom stereocenters. The number of nitrogens with zero attached hydrogens (tertiary/aromatic N) is 7. The second-order valence-corrected chi connectivity index (χ2v) is 10.9. The summed E-state index contributed by atoms with van der Waals surface area (Å²) >= 11 is 0. The van der Waals surface area contributed by atoms with E-state index < -0.39 is 5.60 Å². The molecule has 0 radical (unpaired) electrons. The SMILES string of the molecule is C#Cc1ccc(CN2C3CC2CN(c2ccc(-c4cc(OCC(C)(C)O)cn5ncc(C#N)c45)cn2)C3)cn1. The number of hydrogen-bond acceptors (Lipinski definition) is 8. The minimum atomic E-state index is -0.978. The molecule has 9 heteroatoms. The van der Waals surface area contributed by atoms with Gasteiger partial charge in [0.25, 0.3) is 0 Å². The molecule has 3 saturated heterocycles. The summed E-state index contributed by atoms with van der Waals surface area (Å²) < 4.78 is 7.49. The van der Waals surface area contributed by atoms with Crippen LogP contribution in [-0.2, 0) is 6.54 Å². The number of terminal acetylenes is 1. The van der Waals surface area contributed by atoms with Crippen molar-refractivity contribution in [3.05, 3.63) is 71.9 Å². The zero-order valence-electron chi connectivity index (χ0n) is 21.9. The Morgan fingerprint density at radius 1 is 1.13 bits per heavy atom. The molecule has 39 heavy (non-hydrogen) atoms. The molecule has 3 fully saturated rings. The van der Waals surface area contributed by atoms with Crippen molar-refractivity contribution in [1.82, 2.24) is 24.5 Å². The summed E-state index contributed by atoms with van der Waals surface area (Å²) in [6, 6.07) is 13.1. The standard InChI is InChI=1S/C30H29N7O2/c1-4-23-7-5-20(12-32-23)15-36-24-9-25(36)17-35(16-24)28-8-6-21(13-33-28)27-10-26(39-19-30(2,3)38)18-37-29(27)22(11-31)14-34-37/h1,5-8,10,12-14,18,24-25,38H,9,15-17,19H2,2-3H3. The first-order valence-electron chi connectivity index (χ1n) is 13.0. The van der Waals surface area contributed by atoms with Gasteiger partial charge in [0.1, 0.15) is 29.9 Å². The average Bonchev–Trinajstić information content (AvgIpc) is 3.37. The first-order valence-corrected chi connectivity index (χ1v) is 13.0. The van der Waals surface area contributed by atoms with Crippen LogP contribution in [0.25, 0.3) is 16.6 Å². The zero-order valence-corrected chi connectivity index (χ0v) is 21.9. The van der Waals surface area contributed by atoms with Crippen molar-refractivity contribution in [1.29, 1.82) is 5.26 Å². The third-order valence-electron chi connectivity index (χ3n) is 7.36. The number of anilines is 1. The van der Waals surface area contributed by atoms with Gasteiger partial charge in [0.2, 0.25) is 0 Å². The van der Waals surface area contributed by atoms with Crippen LogP contribution in [0.4, 0.5) is 5.82 Å². The molecule has 7 heterocycles. The van der Waals surface area contributed by atoms with Crippen LogP contribution in [0.1, 0.15) is 37.1 Å². The van der Waals surface area contributed by atoms with E-state index in [-0.39, 0.29) is 6.61 Å². The van der Waals surface area contributed by atoms with Crippen molar-refractivity contribution >= 4 is 11.3 Å². The largest absolute Gasteiger partial charge is 0.489 e. The molecule has 0 spiro atoms. The summed E-state index contributed by atoms with van der Waals surface area (Å²) in [6.45, 7) is 6.23. The molecule has 0 aromatic carbocycles. The minimum Gasteiger partial charge on any atom is -0.489 e. The number of piperazine rings is 1. The number of pyridine rings is 3. The molecular weight excluding hydrogens is 490 g/mol. The van der Waals surface area contributed by atoms with Gasteiger partial charge < -0.3 is 14.7 Å². The van der Waals surface area contributed by atoms with Gasteiger partial charge in [-0.3, -0.25) is 4.90 Å². The molecule has 0 amide bonds. The van der Waals surface area contributed by atoms with Crippen molar-refractivity contribution in [2.45, 2.75) is 44.5 Å². The van der Waals surface area contributed by atoms with E-state index in [0.29, 0.717) is 34.6 Å². The van der Waals surface area contributed by atoms with E-state index >= 15 is 0 Å². The highest BCUT2D eigenvalue weighted by molar-refractivity contribution is 5.85. The van der Waals surface area contributed by atoms with Gasteiger partial charge in [-0.2, -0.15) is 10.4 Å². The van der Waals surface area contributed by atoms with Gasteiger partial charge in [-0.25, -0.2) is 14.5 Å². The Morgan fingerprint density at radius 2 is 1.95 bits per heavy atom. The topological polar surface area (TPSA) is 103 Å². The van der Waals surface area contributed by atoms with E-state index in [2.05, 4.69) is 37.9 Å². The number of piperidine rings is 1. The summed E-state index contributed by atoms with van der Waals surface area (Å²) in [5, 5.41) is 24.1. The molecule has 4 aromatic rings. The van der Waals surface area contributed by atoms with Crippen LogP contribution in [0.15, 0.2) is 55.1 Å². The molecule has 3 aliphatic rings. The van der Waals surface area contributed by atoms with E-state index in [9.17, 15) is 10.4 Å². The van der Waals surface area contributed by atoms with Crippen LogP contribution in [0.5, 0.6) is 5.75 Å². The molecule has 0 aliphatic carbocycles. The molecule has 3 aliphatic heterocycles. The van der Waals surface area contributed by atoms with Crippen LogP contribution in [0.3, 0.4) is 0 Å². The van der Waals surface area contributed by atoms with Gasteiger partial charge in [0.15, 0.2) is 0 Å². The highest BCUT2D eigenvalue weighted by Gasteiger charge is 2.44. The van der Waals surface area contributed by atoms with Crippen molar-refractivity contribution in [3.8, 4) is 35.3 Å². The van der Waals surface area contributed by atoms with Crippen molar-refractivity contribution < 1.29 is 9.84 Å². The van der Waals surface area contributed by atoms with E-state index in [0.717, 1.165) is 36.6 Å². The molecule has 4 aromatic heterocycles. The maximum atomic E-state index is 10.1. The second kappa shape index (κ2) is 9.70. The highest BCUT2D eigenvalue weighted by atomic mass is 16.5. The van der Waals surface area contributed by atoms with Crippen LogP contribution >= 0.6 is 0 Å². The molecule has 196 valence electrons. The Balaban J connectivity index is 1.19. The number of ether oxygens (including phenoxy) is 1. The Kier molecular flexibility index (Phi) is 6.19. The first-order chi connectivity index (χ1) is 18.8. The lowest BCUT2D eigenvalue weighted by Gasteiger charge is -2.56. The molecule has 1 N–H and O–H groups in total. The summed E-state index contributed by atoms with van der Waals surface area (Å²) in [6.07, 6.45) is 13.6. The summed E-state index contributed by atoms with van der Waals surface area (Å²) in [5.74, 6) is 4.06. The number of nitriles is 1. The smallest absolute Gasteiger partial charge is 0.138 e. The summed E-state index contributed by atoms with van der Waals surface area (Å²) in [5.41, 5.74) is 3.69. The molecule has 0 saturated carbocycles. The van der Waals surface area contributed by atoms with E-state index in [1.54, 1.807) is 30.8 Å². The summed E-state index contributed by atoms with van der Waals surface area (Å²) in [7, 11) is 0. The number of fused-ring (bicyclic) bond motifs is 3. The van der Waals surface area contributed by atoms with Gasteiger partial charge in [0.05, 0.1) is 29.1 Å². The third-order valence-corrected chi connectivity index (χ3v) is 7.36. The van der Waals surface area contributed by atoms with Gasteiger partial charge in [-0.1, -0.05) is 12.0 Å². The number of aromatic nitrogens is 4. The Hall–Kier alpha value is -4.44. The van der Waals surface area contributed by atoms with Crippen LogP contribution in [0.2, 0.25) is 0 Å². The predicted octanol–water partition coefficient (Wildman–Crippen LogP) is 3.26. The monoisotopic (exact) mass is 519 g/mol. The second-order valence-electron chi connectivity index (χ2n) is 10.9. The van der Waals surface area contributed by atoms with Crippen molar-refractivity contribution in [3.63, 3.8) is 0 Å². The fraction of sp³-hybridized carbons (Fsp3) is 0.333. The highest BCUT2D eigenvalue weighted by Crippen LogP contribution is 2.36. The number of aliphatic hydroxyl groups is 1. The maximum absolute atomic E-state index is 10.1. The van der Waals surface area contributed by atoms with E-state index in [4.69, 9.17) is 16.1 Å². The van der Waals surface area contributed by atoms with Crippen molar-refractivity contribution in [2.24, 2.45) is 0 Å². The molecular formula is C30H29N7O2. The predicted molar refractivity (Wildman–Crippen MR) is 147 cm³/mol. The number of rotatable bonds is 7. The first kappa shape index (κ1) is 24.9. The normalized spacial score (nSPS) is 18.8. The Bertz CT molecular complexity index is 1580. The van der Waals surface area contributed by atoms with Crippen LogP contribution in [-0.4, -0.2) is 67.0 Å². The van der Waals surface area contributed by atoms with Crippen LogP contribution in [0, 0.1) is 23.7 Å². The zero-order chi connectivity index (χ0) is 27.1. The van der Waals surface area contributed by atoms with Gasteiger partial charge in [-0.15, -0.1) is 6.42 Å². The lowest BCUT2D eigenvalue weighted by Crippen LogP contribution is -2.68. The maximum Gasteiger partial charge on any atom is 0.138 e. The molecule has 2 bridgehead atoms. The number of hydrogen-bond donors (Lipinski definition) is 1. The fourth-order valence-electron chi connectivity index (χ4n) is 5.42. The minimum absolute atomic E-state index is 0.128. The molecule has 7 rings (SSSR count). The molecule has 9 nitrogen and oxygen atoms in total. The Labute approximate surface area is 227 Å². The van der Waals surface area contributed by atoms with Crippen LogP contribution < -0.4 is 9.64 Å². The lowest BCUT2D eigenvalue weighted by molar-refractivity contribution is -0.00875. The van der Waals surface area contributed by atoms with E-state index in [1.807, 2.05) is 36.7 Å². The quantitative estimate of drug-likeness (QED) is 0.371. The van der Waals surface area contributed by atoms with Gasteiger partial charge in [0, 0.05) is 55.2 Å². The average molecular weight is 520 g/mol. The lowest BCUT2D eigenvalue weighted by atomic mass is 9.87. The summed E-state index contributed by atoms with van der Waals surface area (Å²) in [4.78, 5) is 14.0. The van der Waals surface area contributed by atoms with Gasteiger partial charge in [-0.05, 0) is 50.1 Å². The molecule has 2 unspecified atom stereocenters. The fourth-order valence-corrected chi connectivity index (χ4v) is 5.42. The van der Waals surface area contributed by atoms with Crippen molar-refractivity contribution in [2.75, 3.05) is 24.6 Å². The third kappa shape index (κ3) is 4.90. The Morgan fingerprint density at radius 3 is 2.59 bits per heavy atom. The van der Waals surface area contributed by atoms with Gasteiger partial charge >= 0.3 is 0 Å². The van der Waals surface area contributed by atoms with E-state index in [1.165, 1.54) is 12.0 Å².